The SMILES string of the molecule is CC(Nc1cnc(C(=O)NCC2CCCO2)cn1)c1ccccc1. The molecule has 1 saturated heterocycles. The monoisotopic (exact) mass is 326 g/mol. The van der Waals surface area contributed by atoms with Crippen LogP contribution in [0, 0.1) is 0 Å². The Morgan fingerprint density at radius 1 is 1.29 bits per heavy atom. The van der Waals surface area contributed by atoms with Gasteiger partial charge >= 0.3 is 0 Å². The predicted molar refractivity (Wildman–Crippen MR) is 91.8 cm³/mol. The van der Waals surface area contributed by atoms with Crippen LogP contribution in [0.4, 0.5) is 5.82 Å². The quantitative estimate of drug-likeness (QED) is 0.853. The van der Waals surface area contributed by atoms with Gasteiger partial charge in [-0.3, -0.25) is 4.79 Å². The molecule has 0 bridgehead atoms. The lowest BCUT2D eigenvalue weighted by atomic mass is 10.1. The summed E-state index contributed by atoms with van der Waals surface area (Å²) in [4.78, 5) is 20.5. The second-order valence-electron chi connectivity index (χ2n) is 5.91. The Bertz CT molecular complexity index is 654. The number of amides is 1. The smallest absolute Gasteiger partial charge is 0.271 e. The van der Waals surface area contributed by atoms with Gasteiger partial charge in [-0.25, -0.2) is 9.97 Å². The third kappa shape index (κ3) is 4.29. The second-order valence-corrected chi connectivity index (χ2v) is 5.91. The summed E-state index contributed by atoms with van der Waals surface area (Å²) in [5, 5.41) is 6.12. The van der Waals surface area contributed by atoms with Crippen molar-refractivity contribution in [2.75, 3.05) is 18.5 Å². The maximum Gasteiger partial charge on any atom is 0.271 e. The van der Waals surface area contributed by atoms with Crippen LogP contribution in [0.3, 0.4) is 0 Å². The number of anilines is 1. The van der Waals surface area contributed by atoms with Crippen molar-refractivity contribution in [2.45, 2.75) is 31.9 Å². The van der Waals surface area contributed by atoms with Crippen molar-refractivity contribution in [2.24, 2.45) is 0 Å². The van der Waals surface area contributed by atoms with E-state index in [1.54, 1.807) is 6.20 Å². The molecule has 6 nitrogen and oxygen atoms in total. The summed E-state index contributed by atoms with van der Waals surface area (Å²) in [6.07, 6.45) is 5.24. The maximum absolute atomic E-state index is 12.1. The van der Waals surface area contributed by atoms with E-state index < -0.39 is 0 Å². The van der Waals surface area contributed by atoms with E-state index >= 15 is 0 Å². The summed E-state index contributed by atoms with van der Waals surface area (Å²) in [5.41, 5.74) is 1.48. The Hall–Kier alpha value is -2.47. The molecule has 2 heterocycles. The van der Waals surface area contributed by atoms with Gasteiger partial charge in [0.2, 0.25) is 0 Å². The summed E-state index contributed by atoms with van der Waals surface area (Å²) < 4.78 is 5.48. The number of aromatic nitrogens is 2. The number of benzene rings is 1. The van der Waals surface area contributed by atoms with E-state index in [1.807, 2.05) is 18.2 Å². The number of carbonyl (C=O) groups is 1. The van der Waals surface area contributed by atoms with Crippen molar-refractivity contribution in [3.8, 4) is 0 Å². The number of hydrogen-bond donors (Lipinski definition) is 2. The van der Waals surface area contributed by atoms with Gasteiger partial charge < -0.3 is 15.4 Å². The average Bonchev–Trinajstić information content (AvgIpc) is 3.14. The van der Waals surface area contributed by atoms with Crippen LogP contribution in [-0.4, -0.2) is 35.1 Å². The Kier molecular flexibility index (Phi) is 5.38. The van der Waals surface area contributed by atoms with Gasteiger partial charge in [0.1, 0.15) is 11.5 Å². The minimum absolute atomic E-state index is 0.111. The molecular weight excluding hydrogens is 304 g/mol. The van der Waals surface area contributed by atoms with Crippen molar-refractivity contribution in [1.29, 1.82) is 0 Å². The molecule has 2 aromatic rings. The van der Waals surface area contributed by atoms with Crippen LogP contribution < -0.4 is 10.6 Å². The van der Waals surface area contributed by atoms with Crippen molar-refractivity contribution in [1.82, 2.24) is 15.3 Å². The van der Waals surface area contributed by atoms with E-state index in [2.05, 4.69) is 39.7 Å². The van der Waals surface area contributed by atoms with E-state index in [0.717, 1.165) is 25.0 Å². The lowest BCUT2D eigenvalue weighted by Crippen LogP contribution is -2.32. The standard InChI is InChI=1S/C18H22N4O2/c1-13(14-6-3-2-4-7-14)22-17-12-19-16(11-20-17)18(23)21-10-15-8-5-9-24-15/h2-4,6-7,11-13,15H,5,8-10H2,1H3,(H,20,22)(H,21,23). The fourth-order valence-corrected chi connectivity index (χ4v) is 2.67. The highest BCUT2D eigenvalue weighted by molar-refractivity contribution is 5.92. The Balaban J connectivity index is 1.53. The summed E-state index contributed by atoms with van der Waals surface area (Å²) in [7, 11) is 0. The molecule has 24 heavy (non-hydrogen) atoms. The number of hydrogen-bond acceptors (Lipinski definition) is 5. The number of rotatable bonds is 6. The van der Waals surface area contributed by atoms with Gasteiger partial charge in [-0.1, -0.05) is 30.3 Å². The summed E-state index contributed by atoms with van der Waals surface area (Å²) >= 11 is 0. The molecule has 6 heteroatoms. The highest BCUT2D eigenvalue weighted by Gasteiger charge is 2.17. The molecule has 2 N–H and O–H groups in total. The molecule has 0 aliphatic carbocycles. The van der Waals surface area contributed by atoms with Crippen molar-refractivity contribution >= 4 is 11.7 Å². The lowest BCUT2D eigenvalue weighted by molar-refractivity contribution is 0.0853. The summed E-state index contributed by atoms with van der Waals surface area (Å²) in [6, 6.07) is 10.2. The van der Waals surface area contributed by atoms with E-state index in [4.69, 9.17) is 4.74 Å². The highest BCUT2D eigenvalue weighted by atomic mass is 16.5. The fourth-order valence-electron chi connectivity index (χ4n) is 2.67. The maximum atomic E-state index is 12.1. The molecule has 1 aliphatic heterocycles. The molecular formula is C18H22N4O2. The third-order valence-electron chi connectivity index (χ3n) is 4.06. The van der Waals surface area contributed by atoms with Crippen molar-refractivity contribution < 1.29 is 9.53 Å². The molecule has 0 spiro atoms. The number of nitrogens with zero attached hydrogens (tertiary/aromatic N) is 2. The molecule has 1 aromatic heterocycles. The van der Waals surface area contributed by atoms with Crippen LogP contribution in [0.1, 0.15) is 41.9 Å². The molecule has 0 saturated carbocycles. The molecule has 2 atom stereocenters. The van der Waals surface area contributed by atoms with Gasteiger partial charge in [-0.15, -0.1) is 0 Å². The summed E-state index contributed by atoms with van der Waals surface area (Å²) in [6.45, 7) is 3.35. The predicted octanol–water partition coefficient (Wildman–Crippen LogP) is 2.56. The molecule has 1 aliphatic rings. The van der Waals surface area contributed by atoms with Gasteiger partial charge in [-0.2, -0.15) is 0 Å². The molecule has 126 valence electrons. The van der Waals surface area contributed by atoms with Gasteiger partial charge in [0.05, 0.1) is 18.5 Å². The average molecular weight is 326 g/mol. The van der Waals surface area contributed by atoms with E-state index in [1.165, 1.54) is 6.20 Å². The van der Waals surface area contributed by atoms with Crippen LogP contribution in [0.5, 0.6) is 0 Å². The largest absolute Gasteiger partial charge is 0.376 e. The zero-order valence-corrected chi connectivity index (χ0v) is 13.7. The normalized spacial score (nSPS) is 18.1. The van der Waals surface area contributed by atoms with Gasteiger partial charge in [-0.05, 0) is 25.3 Å². The first-order valence-corrected chi connectivity index (χ1v) is 8.25. The molecule has 1 amide bonds. The van der Waals surface area contributed by atoms with Gasteiger partial charge in [0.15, 0.2) is 0 Å². The van der Waals surface area contributed by atoms with E-state index in [-0.39, 0.29) is 18.1 Å². The lowest BCUT2D eigenvalue weighted by Gasteiger charge is -2.15. The Morgan fingerprint density at radius 2 is 2.12 bits per heavy atom. The van der Waals surface area contributed by atoms with Crippen molar-refractivity contribution in [3.63, 3.8) is 0 Å². The first kappa shape index (κ1) is 16.4. The van der Waals surface area contributed by atoms with E-state index in [9.17, 15) is 4.79 Å². The molecule has 1 fully saturated rings. The number of ether oxygens (including phenoxy) is 1. The Morgan fingerprint density at radius 3 is 2.79 bits per heavy atom. The first-order chi connectivity index (χ1) is 11.7. The van der Waals surface area contributed by atoms with Gasteiger partial charge in [0.25, 0.3) is 5.91 Å². The van der Waals surface area contributed by atoms with Crippen LogP contribution in [0.25, 0.3) is 0 Å². The van der Waals surface area contributed by atoms with Crippen LogP contribution >= 0.6 is 0 Å². The zero-order chi connectivity index (χ0) is 16.8. The van der Waals surface area contributed by atoms with Gasteiger partial charge in [0, 0.05) is 19.2 Å². The second kappa shape index (κ2) is 7.88. The van der Waals surface area contributed by atoms with Crippen LogP contribution in [-0.2, 0) is 4.74 Å². The highest BCUT2D eigenvalue weighted by Crippen LogP contribution is 2.16. The number of carbonyl (C=O) groups excluding carboxylic acids is 1. The molecule has 0 radical (unpaired) electrons. The molecule has 1 aromatic carbocycles. The van der Waals surface area contributed by atoms with Crippen LogP contribution in [0.2, 0.25) is 0 Å². The number of nitrogens with one attached hydrogen (secondary N) is 2. The van der Waals surface area contributed by atoms with E-state index in [0.29, 0.717) is 18.1 Å². The molecule has 2 unspecified atom stereocenters. The fraction of sp³-hybridized carbons (Fsp3) is 0.389. The first-order valence-electron chi connectivity index (χ1n) is 8.25. The van der Waals surface area contributed by atoms with Crippen molar-refractivity contribution in [3.05, 3.63) is 54.0 Å². The van der Waals surface area contributed by atoms with Crippen LogP contribution in [0.15, 0.2) is 42.7 Å². The third-order valence-corrected chi connectivity index (χ3v) is 4.06. The molecule has 3 rings (SSSR count). The Labute approximate surface area is 141 Å². The topological polar surface area (TPSA) is 76.1 Å². The minimum Gasteiger partial charge on any atom is -0.376 e. The minimum atomic E-state index is -0.222. The summed E-state index contributed by atoms with van der Waals surface area (Å²) in [5.74, 6) is 0.419. The zero-order valence-electron chi connectivity index (χ0n) is 13.7.